The fourth-order valence-electron chi connectivity index (χ4n) is 1.55. The highest BCUT2D eigenvalue weighted by Crippen LogP contribution is 2.17. The Hall–Kier alpha value is -1.51. The van der Waals surface area contributed by atoms with Gasteiger partial charge in [-0.25, -0.2) is 0 Å². The molecular formula is C15H23NO2. The molecule has 0 radical (unpaired) electrons. The first-order chi connectivity index (χ1) is 8.47. The maximum Gasteiger partial charge on any atom is 0.220 e. The average molecular weight is 249 g/mol. The van der Waals surface area contributed by atoms with Crippen molar-refractivity contribution in [1.29, 1.82) is 0 Å². The number of hydrogen-bond donors (Lipinski definition) is 1. The molecule has 18 heavy (non-hydrogen) atoms. The molecule has 3 heteroatoms. The summed E-state index contributed by atoms with van der Waals surface area (Å²) in [6.45, 7) is 7.48. The summed E-state index contributed by atoms with van der Waals surface area (Å²) in [6, 6.07) is 9.71. The molecule has 3 nitrogen and oxygen atoms in total. The highest BCUT2D eigenvalue weighted by atomic mass is 16.5. The van der Waals surface area contributed by atoms with Crippen molar-refractivity contribution >= 4 is 5.91 Å². The van der Waals surface area contributed by atoms with Gasteiger partial charge in [0.15, 0.2) is 0 Å². The number of nitrogens with one attached hydrogen (secondary N) is 1. The topological polar surface area (TPSA) is 38.3 Å². The van der Waals surface area contributed by atoms with Gasteiger partial charge in [-0.05, 0) is 24.0 Å². The lowest BCUT2D eigenvalue weighted by Crippen LogP contribution is -2.29. The molecule has 0 heterocycles. The van der Waals surface area contributed by atoms with Crippen LogP contribution in [0.25, 0.3) is 0 Å². The predicted molar refractivity (Wildman–Crippen MR) is 73.6 cm³/mol. The summed E-state index contributed by atoms with van der Waals surface area (Å²) in [4.78, 5) is 11.5. The van der Waals surface area contributed by atoms with E-state index in [2.05, 4.69) is 26.1 Å². The monoisotopic (exact) mass is 249 g/mol. The van der Waals surface area contributed by atoms with E-state index in [0.29, 0.717) is 19.6 Å². The van der Waals surface area contributed by atoms with Crippen molar-refractivity contribution in [3.05, 3.63) is 30.3 Å². The van der Waals surface area contributed by atoms with Gasteiger partial charge in [0.2, 0.25) is 5.91 Å². The third-order valence-electron chi connectivity index (χ3n) is 2.35. The van der Waals surface area contributed by atoms with Gasteiger partial charge in [-0.15, -0.1) is 0 Å². The zero-order chi connectivity index (χ0) is 13.4. The molecule has 0 aliphatic rings. The number of carbonyl (C=O) groups excluding carboxylic acids is 1. The second-order valence-electron chi connectivity index (χ2n) is 5.60. The van der Waals surface area contributed by atoms with Crippen molar-refractivity contribution < 1.29 is 9.53 Å². The van der Waals surface area contributed by atoms with Crippen molar-refractivity contribution in [3.8, 4) is 5.75 Å². The van der Waals surface area contributed by atoms with Crippen LogP contribution in [0, 0.1) is 5.41 Å². The van der Waals surface area contributed by atoms with Gasteiger partial charge >= 0.3 is 0 Å². The number of carbonyl (C=O) groups is 1. The zero-order valence-corrected chi connectivity index (χ0v) is 11.5. The van der Waals surface area contributed by atoms with Gasteiger partial charge in [0.1, 0.15) is 5.75 Å². The summed E-state index contributed by atoms with van der Waals surface area (Å²) in [5.74, 6) is 0.987. The van der Waals surface area contributed by atoms with E-state index in [4.69, 9.17) is 4.74 Å². The van der Waals surface area contributed by atoms with Gasteiger partial charge in [0.05, 0.1) is 6.61 Å². The van der Waals surface area contributed by atoms with Crippen LogP contribution in [-0.2, 0) is 4.79 Å². The molecule has 0 atom stereocenters. The second kappa shape index (κ2) is 7.04. The lowest BCUT2D eigenvalue weighted by atomic mass is 9.92. The Morgan fingerprint density at radius 2 is 1.89 bits per heavy atom. The highest BCUT2D eigenvalue weighted by Gasteiger charge is 2.15. The normalized spacial score (nSPS) is 11.1. The second-order valence-corrected chi connectivity index (χ2v) is 5.60. The average Bonchev–Trinajstić information content (AvgIpc) is 2.27. The Bertz CT molecular complexity index is 355. The molecule has 0 spiro atoms. The molecule has 0 fully saturated rings. The van der Waals surface area contributed by atoms with Crippen LogP contribution in [0.3, 0.4) is 0 Å². The van der Waals surface area contributed by atoms with E-state index in [-0.39, 0.29) is 11.3 Å². The molecule has 0 saturated heterocycles. The Morgan fingerprint density at radius 3 is 2.50 bits per heavy atom. The Kier molecular flexibility index (Phi) is 5.69. The summed E-state index contributed by atoms with van der Waals surface area (Å²) >= 11 is 0. The summed E-state index contributed by atoms with van der Waals surface area (Å²) in [5, 5.41) is 2.91. The van der Waals surface area contributed by atoms with Crippen molar-refractivity contribution in [1.82, 2.24) is 5.32 Å². The van der Waals surface area contributed by atoms with E-state index in [1.54, 1.807) is 0 Å². The lowest BCUT2D eigenvalue weighted by Gasteiger charge is -2.17. The van der Waals surface area contributed by atoms with Crippen LogP contribution in [0.15, 0.2) is 30.3 Å². The Balaban J connectivity index is 2.07. The highest BCUT2D eigenvalue weighted by molar-refractivity contribution is 5.76. The van der Waals surface area contributed by atoms with Gasteiger partial charge in [-0.3, -0.25) is 4.79 Å². The van der Waals surface area contributed by atoms with Gasteiger partial charge in [-0.2, -0.15) is 0 Å². The molecule has 100 valence electrons. The van der Waals surface area contributed by atoms with E-state index in [0.717, 1.165) is 12.2 Å². The minimum atomic E-state index is 0.0463. The lowest BCUT2D eigenvalue weighted by molar-refractivity contribution is -0.122. The van der Waals surface area contributed by atoms with Crippen molar-refractivity contribution in [2.45, 2.75) is 33.6 Å². The van der Waals surface area contributed by atoms with Crippen LogP contribution in [-0.4, -0.2) is 19.1 Å². The Morgan fingerprint density at radius 1 is 1.22 bits per heavy atom. The standard InChI is InChI=1S/C15H23NO2/c1-15(2,3)12-14(17)16-10-7-11-18-13-8-5-4-6-9-13/h4-6,8-9H,7,10-12H2,1-3H3,(H,16,17). The van der Waals surface area contributed by atoms with E-state index in [1.807, 2.05) is 30.3 Å². The van der Waals surface area contributed by atoms with Crippen molar-refractivity contribution in [3.63, 3.8) is 0 Å². The van der Waals surface area contributed by atoms with Crippen LogP contribution in [0.2, 0.25) is 0 Å². The van der Waals surface area contributed by atoms with E-state index >= 15 is 0 Å². The number of rotatable bonds is 6. The van der Waals surface area contributed by atoms with E-state index in [1.165, 1.54) is 0 Å². The summed E-state index contributed by atoms with van der Waals surface area (Å²) in [5.41, 5.74) is 0.0463. The summed E-state index contributed by atoms with van der Waals surface area (Å²) < 4.78 is 5.54. The largest absolute Gasteiger partial charge is 0.494 e. The van der Waals surface area contributed by atoms with Crippen LogP contribution in [0.4, 0.5) is 0 Å². The number of amides is 1. The summed E-state index contributed by atoms with van der Waals surface area (Å²) in [7, 11) is 0. The minimum absolute atomic E-state index is 0.0463. The molecule has 0 aromatic heterocycles. The maximum atomic E-state index is 11.5. The number of hydrogen-bond acceptors (Lipinski definition) is 2. The molecule has 0 aliphatic carbocycles. The SMILES string of the molecule is CC(C)(C)CC(=O)NCCCOc1ccccc1. The third-order valence-corrected chi connectivity index (χ3v) is 2.35. The number of benzene rings is 1. The zero-order valence-electron chi connectivity index (χ0n) is 11.5. The molecule has 1 aromatic rings. The van der Waals surface area contributed by atoms with Crippen LogP contribution < -0.4 is 10.1 Å². The van der Waals surface area contributed by atoms with Crippen molar-refractivity contribution in [2.24, 2.45) is 5.41 Å². The molecule has 0 unspecified atom stereocenters. The third kappa shape index (κ3) is 6.94. The molecule has 1 N–H and O–H groups in total. The first kappa shape index (κ1) is 14.6. The summed E-state index contributed by atoms with van der Waals surface area (Å²) in [6.07, 6.45) is 1.39. The maximum absolute atomic E-state index is 11.5. The Labute approximate surface area is 110 Å². The van der Waals surface area contributed by atoms with E-state index in [9.17, 15) is 4.79 Å². The van der Waals surface area contributed by atoms with Gasteiger partial charge < -0.3 is 10.1 Å². The van der Waals surface area contributed by atoms with Gasteiger partial charge in [0.25, 0.3) is 0 Å². The first-order valence-electron chi connectivity index (χ1n) is 6.42. The fourth-order valence-corrected chi connectivity index (χ4v) is 1.55. The van der Waals surface area contributed by atoms with Crippen molar-refractivity contribution in [2.75, 3.05) is 13.2 Å². The van der Waals surface area contributed by atoms with Crippen LogP contribution in [0.1, 0.15) is 33.6 Å². The van der Waals surface area contributed by atoms with Crippen LogP contribution >= 0.6 is 0 Å². The van der Waals surface area contributed by atoms with Gasteiger partial charge in [0, 0.05) is 13.0 Å². The predicted octanol–water partition coefficient (Wildman–Crippen LogP) is 3.01. The first-order valence-corrected chi connectivity index (χ1v) is 6.42. The number of ether oxygens (including phenoxy) is 1. The fraction of sp³-hybridized carbons (Fsp3) is 0.533. The molecule has 0 saturated carbocycles. The quantitative estimate of drug-likeness (QED) is 0.787. The molecule has 1 aromatic carbocycles. The molecular weight excluding hydrogens is 226 g/mol. The molecule has 0 aliphatic heterocycles. The van der Waals surface area contributed by atoms with Crippen LogP contribution in [0.5, 0.6) is 5.75 Å². The molecule has 1 amide bonds. The number of para-hydroxylation sites is 1. The van der Waals surface area contributed by atoms with E-state index < -0.39 is 0 Å². The molecule has 1 rings (SSSR count). The minimum Gasteiger partial charge on any atom is -0.494 e. The smallest absolute Gasteiger partial charge is 0.220 e. The molecule has 0 bridgehead atoms. The van der Waals surface area contributed by atoms with Gasteiger partial charge in [-0.1, -0.05) is 39.0 Å².